The van der Waals surface area contributed by atoms with Crippen LogP contribution in [0.1, 0.15) is 68.2 Å². The van der Waals surface area contributed by atoms with Crippen molar-refractivity contribution in [1.82, 2.24) is 0 Å². The van der Waals surface area contributed by atoms with Crippen molar-refractivity contribution in [3.05, 3.63) is 0 Å². The van der Waals surface area contributed by atoms with Crippen LogP contribution >= 0.6 is 0 Å². The first-order valence-electron chi connectivity index (χ1n) is 9.14. The molecule has 0 rings (SSSR count). The molecule has 0 aliphatic carbocycles. The van der Waals surface area contributed by atoms with E-state index in [0.29, 0.717) is 12.8 Å². The lowest BCUT2D eigenvalue weighted by atomic mass is 10.0. The molecule has 1 unspecified atom stereocenters. The number of hydrogen-bond donors (Lipinski definition) is 1. The molecular weight excluding hydrogens is 346 g/mol. The van der Waals surface area contributed by atoms with Gasteiger partial charge in [0, 0.05) is 0 Å². The van der Waals surface area contributed by atoms with Crippen LogP contribution in [0.25, 0.3) is 0 Å². The van der Waals surface area contributed by atoms with E-state index in [1.807, 2.05) is 27.7 Å². The lowest BCUT2D eigenvalue weighted by Gasteiger charge is -2.33. The van der Waals surface area contributed by atoms with Gasteiger partial charge in [0.25, 0.3) is 0 Å². The highest BCUT2D eigenvalue weighted by molar-refractivity contribution is 4.74. The molecule has 1 N–H and O–H groups in total. The average molecular weight is 385 g/mol. The number of alkyl halides is 2. The Bertz CT molecular complexity index is 386. The first-order chi connectivity index (χ1) is 11.6. The summed E-state index contributed by atoms with van der Waals surface area (Å²) in [6.45, 7) is 13.3. The van der Waals surface area contributed by atoms with Gasteiger partial charge in [-0.15, -0.1) is 0 Å². The standard InChI is InChI=1S/C19H38F2O5/c1-16(2,9-11-23-18(5,6)20)25-14-15(13-22)26-17(3,4)10-12-24-19(7,8)21/h15,22H,9-14H2,1-8H3. The summed E-state index contributed by atoms with van der Waals surface area (Å²) >= 11 is 0. The minimum Gasteiger partial charge on any atom is -0.394 e. The van der Waals surface area contributed by atoms with Gasteiger partial charge < -0.3 is 24.1 Å². The van der Waals surface area contributed by atoms with Gasteiger partial charge in [0.05, 0.1) is 37.6 Å². The van der Waals surface area contributed by atoms with Gasteiger partial charge >= 0.3 is 0 Å². The van der Waals surface area contributed by atoms with E-state index in [1.165, 1.54) is 27.7 Å². The van der Waals surface area contributed by atoms with Crippen LogP contribution < -0.4 is 0 Å². The third-order valence-corrected chi connectivity index (χ3v) is 3.65. The third-order valence-electron chi connectivity index (χ3n) is 3.65. The second-order valence-electron chi connectivity index (χ2n) is 8.68. The molecule has 0 spiro atoms. The fourth-order valence-corrected chi connectivity index (χ4v) is 2.10. The Hall–Kier alpha value is -0.340. The fourth-order valence-electron chi connectivity index (χ4n) is 2.10. The van der Waals surface area contributed by atoms with Gasteiger partial charge in [0.15, 0.2) is 0 Å². The van der Waals surface area contributed by atoms with Crippen LogP contribution in [0.2, 0.25) is 0 Å². The second kappa shape index (κ2) is 10.3. The molecule has 0 saturated heterocycles. The number of aliphatic hydroxyl groups excluding tert-OH is 1. The predicted octanol–water partition coefficient (Wildman–Crippen LogP) is 4.16. The molecule has 5 nitrogen and oxygen atoms in total. The maximum atomic E-state index is 13.4. The second-order valence-corrected chi connectivity index (χ2v) is 8.68. The molecule has 0 amide bonds. The molecule has 26 heavy (non-hydrogen) atoms. The van der Waals surface area contributed by atoms with Crippen molar-refractivity contribution in [2.24, 2.45) is 0 Å². The number of halogens is 2. The fraction of sp³-hybridized carbons (Fsp3) is 1.00. The van der Waals surface area contributed by atoms with Crippen LogP contribution in [-0.2, 0) is 18.9 Å². The Morgan fingerprint density at radius 2 is 1.15 bits per heavy atom. The Morgan fingerprint density at radius 3 is 1.54 bits per heavy atom. The predicted molar refractivity (Wildman–Crippen MR) is 97.6 cm³/mol. The van der Waals surface area contributed by atoms with Crippen molar-refractivity contribution >= 4 is 0 Å². The number of aliphatic hydroxyl groups is 1. The van der Waals surface area contributed by atoms with Crippen LogP contribution in [0.5, 0.6) is 0 Å². The SMILES string of the molecule is CC(C)(F)OCCC(C)(C)OCC(CO)OC(C)(C)CCOC(C)(C)F. The molecule has 0 aliphatic rings. The Kier molecular flexibility index (Phi) is 10.1. The highest BCUT2D eigenvalue weighted by atomic mass is 19.2. The lowest BCUT2D eigenvalue weighted by molar-refractivity contribution is -0.170. The smallest absolute Gasteiger partial charge is 0.203 e. The largest absolute Gasteiger partial charge is 0.394 e. The summed E-state index contributed by atoms with van der Waals surface area (Å²) in [5.41, 5.74) is -1.15. The van der Waals surface area contributed by atoms with Crippen molar-refractivity contribution in [1.29, 1.82) is 0 Å². The van der Waals surface area contributed by atoms with Gasteiger partial charge in [-0.2, -0.15) is 0 Å². The summed E-state index contributed by atoms with van der Waals surface area (Å²) in [5.74, 6) is -3.36. The van der Waals surface area contributed by atoms with E-state index >= 15 is 0 Å². The van der Waals surface area contributed by atoms with Gasteiger partial charge in [0.2, 0.25) is 11.7 Å². The van der Waals surface area contributed by atoms with E-state index in [0.717, 1.165) is 0 Å². The van der Waals surface area contributed by atoms with E-state index in [4.69, 9.17) is 18.9 Å². The molecule has 0 aromatic heterocycles. The summed E-state index contributed by atoms with van der Waals surface area (Å²) in [4.78, 5) is 0. The summed E-state index contributed by atoms with van der Waals surface area (Å²) in [6.07, 6.45) is 0.447. The Labute approximate surface area is 157 Å². The molecule has 0 bridgehead atoms. The van der Waals surface area contributed by atoms with E-state index in [2.05, 4.69) is 0 Å². The maximum absolute atomic E-state index is 13.4. The summed E-state index contributed by atoms with van der Waals surface area (Å²) in [7, 11) is 0. The third kappa shape index (κ3) is 14.8. The number of ether oxygens (including phenoxy) is 4. The van der Waals surface area contributed by atoms with Crippen LogP contribution in [-0.4, -0.2) is 60.5 Å². The van der Waals surface area contributed by atoms with E-state index in [-0.39, 0.29) is 26.4 Å². The molecule has 0 fully saturated rings. The van der Waals surface area contributed by atoms with E-state index < -0.39 is 29.0 Å². The molecular formula is C19H38F2O5. The zero-order chi connectivity index (χ0) is 20.6. The van der Waals surface area contributed by atoms with Crippen molar-refractivity contribution in [3.63, 3.8) is 0 Å². The lowest BCUT2D eigenvalue weighted by Crippen LogP contribution is -2.39. The van der Waals surface area contributed by atoms with Gasteiger partial charge in [-0.25, -0.2) is 8.78 Å². The van der Waals surface area contributed by atoms with Crippen molar-refractivity contribution in [2.45, 2.75) is 97.2 Å². The monoisotopic (exact) mass is 384 g/mol. The molecule has 0 heterocycles. The molecule has 0 radical (unpaired) electrons. The molecule has 0 aliphatic heterocycles. The van der Waals surface area contributed by atoms with Crippen LogP contribution in [0, 0.1) is 0 Å². The Balaban J connectivity index is 4.34. The van der Waals surface area contributed by atoms with Crippen molar-refractivity contribution in [2.75, 3.05) is 26.4 Å². The molecule has 0 aromatic rings. The number of hydrogen-bond acceptors (Lipinski definition) is 5. The zero-order valence-corrected chi connectivity index (χ0v) is 17.7. The topological polar surface area (TPSA) is 57.2 Å². The van der Waals surface area contributed by atoms with Gasteiger partial charge in [-0.1, -0.05) is 0 Å². The zero-order valence-electron chi connectivity index (χ0n) is 17.7. The average Bonchev–Trinajstić information content (AvgIpc) is 2.39. The van der Waals surface area contributed by atoms with Gasteiger partial charge in [-0.05, 0) is 68.2 Å². The van der Waals surface area contributed by atoms with Crippen LogP contribution in [0.4, 0.5) is 8.78 Å². The van der Waals surface area contributed by atoms with Crippen LogP contribution in [0.3, 0.4) is 0 Å². The van der Waals surface area contributed by atoms with Crippen LogP contribution in [0.15, 0.2) is 0 Å². The van der Waals surface area contributed by atoms with Gasteiger partial charge in [0.1, 0.15) is 6.10 Å². The first kappa shape index (κ1) is 25.7. The minimum absolute atomic E-state index is 0.182. The summed E-state index contributed by atoms with van der Waals surface area (Å²) in [6, 6.07) is 0. The van der Waals surface area contributed by atoms with Gasteiger partial charge in [-0.3, -0.25) is 0 Å². The van der Waals surface area contributed by atoms with Crippen molar-refractivity contribution in [3.8, 4) is 0 Å². The van der Waals surface area contributed by atoms with E-state index in [9.17, 15) is 13.9 Å². The summed E-state index contributed by atoms with van der Waals surface area (Å²) < 4.78 is 48.6. The normalized spacial score (nSPS) is 15.3. The summed E-state index contributed by atoms with van der Waals surface area (Å²) in [5, 5.41) is 9.55. The van der Waals surface area contributed by atoms with Crippen molar-refractivity contribution < 1.29 is 32.8 Å². The maximum Gasteiger partial charge on any atom is 0.203 e. The molecule has 0 aromatic carbocycles. The molecule has 0 saturated carbocycles. The molecule has 158 valence electrons. The molecule has 7 heteroatoms. The van der Waals surface area contributed by atoms with E-state index in [1.54, 1.807) is 0 Å². The molecule has 1 atom stereocenters. The first-order valence-corrected chi connectivity index (χ1v) is 9.14. The minimum atomic E-state index is -1.68. The number of rotatable bonds is 14. The Morgan fingerprint density at radius 1 is 0.731 bits per heavy atom. The quantitative estimate of drug-likeness (QED) is 0.487. The highest BCUT2D eigenvalue weighted by Crippen LogP contribution is 2.22. The highest BCUT2D eigenvalue weighted by Gasteiger charge is 2.28.